The Kier molecular flexibility index (Phi) is 2.20. The summed E-state index contributed by atoms with van der Waals surface area (Å²) in [6, 6.07) is 0. The van der Waals surface area contributed by atoms with Gasteiger partial charge in [-0.05, 0) is 6.92 Å². The fraction of sp³-hybridized carbons (Fsp3) is 0.400. The lowest BCUT2D eigenvalue weighted by Crippen LogP contribution is -2.14. The highest BCUT2D eigenvalue weighted by molar-refractivity contribution is 7.89. The van der Waals surface area contributed by atoms with Gasteiger partial charge in [0.15, 0.2) is 0 Å². The molecule has 1 aromatic rings. The first kappa shape index (κ1) is 8.55. The van der Waals surface area contributed by atoms with Gasteiger partial charge in [0, 0.05) is 0 Å². The van der Waals surface area contributed by atoms with Gasteiger partial charge in [0.2, 0.25) is 0 Å². The van der Waals surface area contributed by atoms with E-state index in [0.717, 1.165) is 4.09 Å². The number of hydrogen-bond acceptors (Lipinski definition) is 3. The van der Waals surface area contributed by atoms with E-state index in [1.54, 1.807) is 6.92 Å². The highest BCUT2D eigenvalue weighted by Gasteiger charge is 2.10. The molecule has 0 radical (unpaired) electrons. The van der Waals surface area contributed by atoms with Crippen LogP contribution in [0.2, 0.25) is 5.02 Å². The van der Waals surface area contributed by atoms with Gasteiger partial charge >= 0.3 is 0 Å². The Morgan fingerprint density at radius 1 is 1.73 bits per heavy atom. The summed E-state index contributed by atoms with van der Waals surface area (Å²) in [5.41, 5.74) is 0. The van der Waals surface area contributed by atoms with Crippen molar-refractivity contribution in [1.29, 1.82) is 0 Å². The molecule has 0 aliphatic rings. The van der Waals surface area contributed by atoms with E-state index in [1.807, 2.05) is 0 Å². The van der Waals surface area contributed by atoms with Crippen LogP contribution in [0, 0.1) is 0 Å². The molecule has 0 saturated carbocycles. The maximum atomic E-state index is 11.1. The molecular formula is C5H7ClN2O2S. The molecule has 0 atom stereocenters. The van der Waals surface area contributed by atoms with E-state index < -0.39 is 10.0 Å². The molecule has 0 aliphatic carbocycles. The zero-order valence-corrected chi connectivity index (χ0v) is 7.43. The third kappa shape index (κ3) is 1.72. The van der Waals surface area contributed by atoms with E-state index in [4.69, 9.17) is 11.6 Å². The summed E-state index contributed by atoms with van der Waals surface area (Å²) in [5.74, 6) is 0.0189. The van der Waals surface area contributed by atoms with Crippen LogP contribution >= 0.6 is 11.6 Å². The van der Waals surface area contributed by atoms with Gasteiger partial charge in [-0.3, -0.25) is 0 Å². The van der Waals surface area contributed by atoms with Crippen LogP contribution in [-0.4, -0.2) is 23.4 Å². The molecule has 0 aliphatic heterocycles. The Balaban J connectivity index is 3.13. The summed E-state index contributed by atoms with van der Waals surface area (Å²) in [6.45, 7) is 1.55. The minimum absolute atomic E-state index is 0.0189. The first-order valence-electron chi connectivity index (χ1n) is 2.99. The first-order valence-corrected chi connectivity index (χ1v) is 4.98. The Morgan fingerprint density at radius 3 is 2.73 bits per heavy atom. The quantitative estimate of drug-likeness (QED) is 0.698. The summed E-state index contributed by atoms with van der Waals surface area (Å²) in [5, 5.41) is 3.88. The summed E-state index contributed by atoms with van der Waals surface area (Å²) in [4.78, 5) is 0. The molecule has 1 rings (SSSR count). The van der Waals surface area contributed by atoms with E-state index in [0.29, 0.717) is 5.02 Å². The SMILES string of the molecule is CCS(=O)(=O)n1cc(Cl)cn1. The second-order valence-electron chi connectivity index (χ2n) is 1.93. The topological polar surface area (TPSA) is 52.0 Å². The van der Waals surface area contributed by atoms with Crippen molar-refractivity contribution in [1.82, 2.24) is 9.19 Å². The van der Waals surface area contributed by atoms with Crippen LogP contribution in [0.3, 0.4) is 0 Å². The molecule has 0 bridgehead atoms. The molecule has 4 nitrogen and oxygen atoms in total. The summed E-state index contributed by atoms with van der Waals surface area (Å²) < 4.78 is 23.0. The lowest BCUT2D eigenvalue weighted by molar-refractivity contribution is 0.581. The van der Waals surface area contributed by atoms with Gasteiger partial charge in [-0.15, -0.1) is 0 Å². The summed E-state index contributed by atoms with van der Waals surface area (Å²) in [7, 11) is -3.26. The fourth-order valence-corrected chi connectivity index (χ4v) is 1.49. The molecule has 0 spiro atoms. The van der Waals surface area contributed by atoms with E-state index in [2.05, 4.69) is 5.10 Å². The normalized spacial score (nSPS) is 11.8. The van der Waals surface area contributed by atoms with Gasteiger partial charge in [0.1, 0.15) is 0 Å². The minimum atomic E-state index is -3.26. The van der Waals surface area contributed by atoms with Crippen LogP contribution in [-0.2, 0) is 10.0 Å². The highest BCUT2D eigenvalue weighted by atomic mass is 35.5. The lowest BCUT2D eigenvalue weighted by Gasteiger charge is -1.97. The van der Waals surface area contributed by atoms with Crippen molar-refractivity contribution in [3.63, 3.8) is 0 Å². The summed E-state index contributed by atoms with van der Waals surface area (Å²) >= 11 is 5.48. The van der Waals surface area contributed by atoms with Gasteiger partial charge in [-0.1, -0.05) is 11.6 Å². The van der Waals surface area contributed by atoms with Crippen LogP contribution in [0.15, 0.2) is 12.4 Å². The smallest absolute Gasteiger partial charge is 0.205 e. The second-order valence-corrected chi connectivity index (χ2v) is 4.48. The van der Waals surface area contributed by atoms with Crippen molar-refractivity contribution in [3.05, 3.63) is 17.4 Å². The molecule has 0 N–H and O–H groups in total. The van der Waals surface area contributed by atoms with Crippen molar-refractivity contribution in [2.45, 2.75) is 6.92 Å². The maximum absolute atomic E-state index is 11.1. The van der Waals surface area contributed by atoms with Crippen LogP contribution in [0.1, 0.15) is 6.92 Å². The number of rotatable bonds is 2. The van der Waals surface area contributed by atoms with Crippen molar-refractivity contribution >= 4 is 21.6 Å². The van der Waals surface area contributed by atoms with E-state index >= 15 is 0 Å². The average molecular weight is 195 g/mol. The van der Waals surface area contributed by atoms with Crippen LogP contribution in [0.5, 0.6) is 0 Å². The standard InChI is InChI=1S/C5H7ClN2O2S/c1-2-11(9,10)8-4-5(6)3-7-8/h3-4H,2H2,1H3. The average Bonchev–Trinajstić information content (AvgIpc) is 2.36. The molecule has 0 amide bonds. The molecule has 11 heavy (non-hydrogen) atoms. The largest absolute Gasteiger partial charge is 0.253 e. The molecule has 0 aromatic carbocycles. The lowest BCUT2D eigenvalue weighted by atomic mass is 10.8. The highest BCUT2D eigenvalue weighted by Crippen LogP contribution is 2.06. The third-order valence-corrected chi connectivity index (χ3v) is 2.87. The number of halogens is 1. The van der Waals surface area contributed by atoms with Gasteiger partial charge in [-0.2, -0.15) is 9.19 Å². The van der Waals surface area contributed by atoms with Gasteiger partial charge in [-0.25, -0.2) is 8.42 Å². The van der Waals surface area contributed by atoms with Crippen molar-refractivity contribution in [2.24, 2.45) is 0 Å². The molecule has 0 fully saturated rings. The Labute approximate surface area is 69.8 Å². The van der Waals surface area contributed by atoms with Crippen molar-refractivity contribution in [2.75, 3.05) is 5.75 Å². The first-order chi connectivity index (χ1) is 5.06. The molecule has 0 unspecified atom stereocenters. The molecule has 6 heteroatoms. The Bertz CT molecular complexity index is 343. The van der Waals surface area contributed by atoms with Crippen LogP contribution < -0.4 is 0 Å². The molecule has 0 saturated heterocycles. The van der Waals surface area contributed by atoms with Gasteiger partial charge in [0.25, 0.3) is 10.0 Å². The second kappa shape index (κ2) is 2.83. The monoisotopic (exact) mass is 194 g/mol. The third-order valence-electron chi connectivity index (χ3n) is 1.18. The molecule has 1 heterocycles. The minimum Gasteiger partial charge on any atom is -0.205 e. The van der Waals surface area contributed by atoms with Crippen molar-refractivity contribution in [3.8, 4) is 0 Å². The van der Waals surface area contributed by atoms with Crippen molar-refractivity contribution < 1.29 is 8.42 Å². The zero-order valence-electron chi connectivity index (χ0n) is 5.86. The van der Waals surface area contributed by atoms with E-state index in [1.165, 1.54) is 12.4 Å². The maximum Gasteiger partial charge on any atom is 0.253 e. The van der Waals surface area contributed by atoms with Gasteiger partial charge < -0.3 is 0 Å². The molecular weight excluding hydrogens is 188 g/mol. The number of hydrogen-bond donors (Lipinski definition) is 0. The Morgan fingerprint density at radius 2 is 2.36 bits per heavy atom. The van der Waals surface area contributed by atoms with Crippen LogP contribution in [0.4, 0.5) is 0 Å². The Hall–Kier alpha value is -0.550. The summed E-state index contributed by atoms with van der Waals surface area (Å²) in [6.07, 6.45) is 2.55. The molecule has 62 valence electrons. The zero-order chi connectivity index (χ0) is 8.48. The molecule has 1 aromatic heterocycles. The number of aromatic nitrogens is 2. The van der Waals surface area contributed by atoms with Crippen LogP contribution in [0.25, 0.3) is 0 Å². The van der Waals surface area contributed by atoms with E-state index in [-0.39, 0.29) is 5.75 Å². The van der Waals surface area contributed by atoms with E-state index in [9.17, 15) is 8.42 Å². The predicted octanol–water partition coefficient (Wildman–Crippen LogP) is 0.734. The van der Waals surface area contributed by atoms with Gasteiger partial charge in [0.05, 0.1) is 23.2 Å². The number of nitrogens with zero attached hydrogens (tertiary/aromatic N) is 2. The fourth-order valence-electron chi connectivity index (χ4n) is 0.569. The predicted molar refractivity (Wildman–Crippen MR) is 42.1 cm³/mol.